The van der Waals surface area contributed by atoms with E-state index < -0.39 is 0 Å². The monoisotopic (exact) mass is 365 g/mol. The van der Waals surface area contributed by atoms with Crippen molar-refractivity contribution in [2.24, 2.45) is 0 Å². The normalized spacial score (nSPS) is 10.4. The average molecular weight is 366 g/mol. The summed E-state index contributed by atoms with van der Waals surface area (Å²) < 4.78 is 24.4. The van der Waals surface area contributed by atoms with E-state index in [1.165, 1.54) is 19.2 Å². The summed E-state index contributed by atoms with van der Waals surface area (Å²) >= 11 is 6.21. The van der Waals surface area contributed by atoms with E-state index in [2.05, 4.69) is 5.32 Å². The summed E-state index contributed by atoms with van der Waals surface area (Å²) in [7, 11) is 1.49. The number of methoxy groups -OCH3 is 1. The maximum atomic E-state index is 13.6. The van der Waals surface area contributed by atoms with Crippen LogP contribution in [0.2, 0.25) is 5.02 Å². The Hall–Kier alpha value is -2.27. The van der Waals surface area contributed by atoms with E-state index >= 15 is 0 Å². The van der Waals surface area contributed by atoms with Gasteiger partial charge in [-0.3, -0.25) is 4.79 Å². The molecule has 0 fully saturated rings. The van der Waals surface area contributed by atoms with Gasteiger partial charge in [-0.2, -0.15) is 0 Å². The van der Waals surface area contributed by atoms with Crippen molar-refractivity contribution in [3.05, 3.63) is 58.4 Å². The second kappa shape index (κ2) is 9.28. The lowest BCUT2D eigenvalue weighted by atomic mass is 10.1. The van der Waals surface area contributed by atoms with Crippen molar-refractivity contribution in [3.63, 3.8) is 0 Å². The van der Waals surface area contributed by atoms with Crippen LogP contribution in [-0.4, -0.2) is 26.2 Å². The van der Waals surface area contributed by atoms with Gasteiger partial charge >= 0.3 is 0 Å². The van der Waals surface area contributed by atoms with Gasteiger partial charge < -0.3 is 14.8 Å². The first kappa shape index (κ1) is 19.1. The number of ether oxygens (including phenoxy) is 2. The Balaban J connectivity index is 2.03. The van der Waals surface area contributed by atoms with Crippen LogP contribution in [0.1, 0.15) is 29.3 Å². The van der Waals surface area contributed by atoms with Gasteiger partial charge in [-0.15, -0.1) is 0 Å². The maximum absolute atomic E-state index is 13.6. The molecule has 0 saturated carbocycles. The fourth-order valence-electron chi connectivity index (χ4n) is 2.31. The number of halogens is 2. The number of carbonyl (C=O) groups is 1. The number of amides is 1. The minimum atomic E-state index is -0.307. The number of carbonyl (C=O) groups excluding carboxylic acids is 1. The molecule has 1 N–H and O–H groups in total. The number of nitrogens with one attached hydrogen (secondary N) is 1. The van der Waals surface area contributed by atoms with Gasteiger partial charge in [0.1, 0.15) is 5.82 Å². The SMILES string of the molecule is CCCOc1c(Cl)cc(C(=O)NCCc2ccccc2F)cc1OC. The summed E-state index contributed by atoms with van der Waals surface area (Å²) in [6.45, 7) is 2.80. The third-order valence-electron chi connectivity index (χ3n) is 3.58. The molecule has 134 valence electrons. The first-order chi connectivity index (χ1) is 12.1. The van der Waals surface area contributed by atoms with Crippen LogP contribution in [0.4, 0.5) is 4.39 Å². The van der Waals surface area contributed by atoms with E-state index in [9.17, 15) is 9.18 Å². The van der Waals surface area contributed by atoms with Gasteiger partial charge in [0.25, 0.3) is 5.91 Å². The lowest BCUT2D eigenvalue weighted by Gasteiger charge is -2.14. The zero-order valence-electron chi connectivity index (χ0n) is 14.3. The van der Waals surface area contributed by atoms with Gasteiger partial charge in [0, 0.05) is 12.1 Å². The van der Waals surface area contributed by atoms with E-state index in [1.54, 1.807) is 24.3 Å². The van der Waals surface area contributed by atoms with Gasteiger partial charge in [-0.25, -0.2) is 4.39 Å². The molecule has 0 saturated heterocycles. The van der Waals surface area contributed by atoms with Crippen LogP contribution in [0.25, 0.3) is 0 Å². The number of hydrogen-bond acceptors (Lipinski definition) is 3. The largest absolute Gasteiger partial charge is 0.493 e. The van der Waals surface area contributed by atoms with Gasteiger partial charge in [0.05, 0.1) is 18.7 Å². The zero-order chi connectivity index (χ0) is 18.2. The Morgan fingerprint density at radius 1 is 1.28 bits per heavy atom. The van der Waals surface area contributed by atoms with E-state index in [0.717, 1.165) is 6.42 Å². The summed E-state index contributed by atoms with van der Waals surface area (Å²) in [5, 5.41) is 3.07. The Labute approximate surface area is 151 Å². The molecule has 0 aliphatic rings. The first-order valence-corrected chi connectivity index (χ1v) is 8.46. The van der Waals surface area contributed by atoms with Crippen molar-refractivity contribution in [2.45, 2.75) is 19.8 Å². The van der Waals surface area contributed by atoms with Crippen molar-refractivity contribution in [3.8, 4) is 11.5 Å². The van der Waals surface area contributed by atoms with E-state index in [4.69, 9.17) is 21.1 Å². The molecule has 0 aliphatic carbocycles. The van der Waals surface area contributed by atoms with Crippen LogP contribution < -0.4 is 14.8 Å². The molecule has 0 aromatic heterocycles. The van der Waals surface area contributed by atoms with Crippen molar-refractivity contribution >= 4 is 17.5 Å². The molecule has 0 aliphatic heterocycles. The topological polar surface area (TPSA) is 47.6 Å². The highest BCUT2D eigenvalue weighted by Gasteiger charge is 2.15. The van der Waals surface area contributed by atoms with Crippen molar-refractivity contribution < 1.29 is 18.7 Å². The number of benzene rings is 2. The molecule has 0 bridgehead atoms. The lowest BCUT2D eigenvalue weighted by Crippen LogP contribution is -2.26. The summed E-state index contributed by atoms with van der Waals surface area (Å²) in [5.74, 6) is 0.242. The molecule has 0 unspecified atom stereocenters. The molecule has 0 atom stereocenters. The second-order valence-corrected chi connectivity index (χ2v) is 5.84. The molecule has 2 aromatic rings. The maximum Gasteiger partial charge on any atom is 0.251 e. The molecule has 0 radical (unpaired) electrons. The third kappa shape index (κ3) is 5.10. The molecule has 25 heavy (non-hydrogen) atoms. The lowest BCUT2D eigenvalue weighted by molar-refractivity contribution is 0.0953. The van der Waals surface area contributed by atoms with Crippen molar-refractivity contribution in [1.82, 2.24) is 5.32 Å². The highest BCUT2D eigenvalue weighted by Crippen LogP contribution is 2.36. The van der Waals surface area contributed by atoms with Crippen LogP contribution in [-0.2, 0) is 6.42 Å². The minimum Gasteiger partial charge on any atom is -0.493 e. The van der Waals surface area contributed by atoms with Crippen LogP contribution in [0.15, 0.2) is 36.4 Å². The fourth-order valence-corrected chi connectivity index (χ4v) is 2.57. The minimum absolute atomic E-state index is 0.279. The predicted molar refractivity (Wildman–Crippen MR) is 96.2 cm³/mol. The van der Waals surface area contributed by atoms with Gasteiger partial charge in [0.15, 0.2) is 11.5 Å². The number of hydrogen-bond donors (Lipinski definition) is 1. The third-order valence-corrected chi connectivity index (χ3v) is 3.86. The van der Waals surface area contributed by atoms with Crippen LogP contribution >= 0.6 is 11.6 Å². The molecular weight excluding hydrogens is 345 g/mol. The molecule has 1 amide bonds. The summed E-state index contributed by atoms with van der Waals surface area (Å²) in [5.41, 5.74) is 0.918. The highest BCUT2D eigenvalue weighted by molar-refractivity contribution is 6.32. The Kier molecular flexibility index (Phi) is 7.07. The standard InChI is InChI=1S/C19H21ClFNO3/c1-3-10-25-18-15(20)11-14(12-17(18)24-2)19(23)22-9-8-13-6-4-5-7-16(13)21/h4-7,11-12H,3,8-10H2,1-2H3,(H,22,23). The molecule has 4 nitrogen and oxygen atoms in total. The van der Waals surface area contributed by atoms with E-state index in [0.29, 0.717) is 47.2 Å². The van der Waals surface area contributed by atoms with Crippen molar-refractivity contribution in [2.75, 3.05) is 20.3 Å². The molecular formula is C19H21ClFNO3. The summed E-state index contributed by atoms with van der Waals surface area (Å²) in [6.07, 6.45) is 1.23. The van der Waals surface area contributed by atoms with Crippen molar-refractivity contribution in [1.29, 1.82) is 0 Å². The Bertz CT molecular complexity index is 737. The highest BCUT2D eigenvalue weighted by atomic mass is 35.5. The molecule has 2 aromatic carbocycles. The predicted octanol–water partition coefficient (Wildman–Crippen LogP) is 4.25. The number of rotatable bonds is 8. The molecule has 0 spiro atoms. The second-order valence-electron chi connectivity index (χ2n) is 5.44. The Morgan fingerprint density at radius 2 is 2.04 bits per heavy atom. The Morgan fingerprint density at radius 3 is 2.72 bits per heavy atom. The molecule has 2 rings (SSSR count). The summed E-state index contributed by atoms with van der Waals surface area (Å²) in [4.78, 5) is 12.3. The molecule has 6 heteroatoms. The fraction of sp³-hybridized carbons (Fsp3) is 0.316. The van der Waals surface area contributed by atoms with Gasteiger partial charge in [-0.1, -0.05) is 36.7 Å². The van der Waals surface area contributed by atoms with E-state index in [1.807, 2.05) is 6.92 Å². The van der Waals surface area contributed by atoms with Crippen LogP contribution in [0.5, 0.6) is 11.5 Å². The van der Waals surface area contributed by atoms with Crippen LogP contribution in [0, 0.1) is 5.82 Å². The van der Waals surface area contributed by atoms with Gasteiger partial charge in [0.2, 0.25) is 0 Å². The van der Waals surface area contributed by atoms with Crippen LogP contribution in [0.3, 0.4) is 0 Å². The zero-order valence-corrected chi connectivity index (χ0v) is 15.0. The van der Waals surface area contributed by atoms with Gasteiger partial charge in [-0.05, 0) is 36.6 Å². The quantitative estimate of drug-likeness (QED) is 0.760. The van der Waals surface area contributed by atoms with E-state index in [-0.39, 0.29) is 11.7 Å². The molecule has 0 heterocycles. The summed E-state index contributed by atoms with van der Waals surface area (Å²) in [6, 6.07) is 9.61. The smallest absolute Gasteiger partial charge is 0.251 e. The average Bonchev–Trinajstić information content (AvgIpc) is 2.61. The first-order valence-electron chi connectivity index (χ1n) is 8.08.